The van der Waals surface area contributed by atoms with Crippen LogP contribution >= 0.6 is 0 Å². The number of carboxylic acids is 2. The summed E-state index contributed by atoms with van der Waals surface area (Å²) in [6, 6.07) is 6.09. The Morgan fingerprint density at radius 2 is 1.42 bits per heavy atom. The summed E-state index contributed by atoms with van der Waals surface area (Å²) < 4.78 is 63.5. The SMILES string of the molecule is O=C(O)C(F)(F)F.O=C(O)C(F)(F)F.c1ccc(C2CNC2)nc1. The molecule has 1 aliphatic heterocycles. The lowest BCUT2D eigenvalue weighted by Crippen LogP contribution is -2.40. The fourth-order valence-corrected chi connectivity index (χ4v) is 1.12. The second-order valence-corrected chi connectivity index (χ2v) is 4.22. The number of carboxylic acid groups (broad SMARTS) is 2. The number of alkyl halides is 6. The number of nitrogens with one attached hydrogen (secondary N) is 1. The van der Waals surface area contributed by atoms with Crippen LogP contribution in [0.2, 0.25) is 0 Å². The smallest absolute Gasteiger partial charge is 0.475 e. The highest BCUT2D eigenvalue weighted by atomic mass is 19.4. The normalized spacial score (nSPS) is 14.2. The van der Waals surface area contributed by atoms with Gasteiger partial charge in [0.05, 0.1) is 0 Å². The van der Waals surface area contributed by atoms with Crippen molar-refractivity contribution in [1.29, 1.82) is 0 Å². The first-order chi connectivity index (χ1) is 10.9. The van der Waals surface area contributed by atoms with Gasteiger partial charge in [0, 0.05) is 30.9 Å². The van der Waals surface area contributed by atoms with Crippen molar-refractivity contribution in [3.63, 3.8) is 0 Å². The molecule has 0 atom stereocenters. The molecule has 6 nitrogen and oxygen atoms in total. The van der Waals surface area contributed by atoms with Crippen LogP contribution in [0.15, 0.2) is 24.4 Å². The molecular formula is C12H12F6N2O4. The average molecular weight is 362 g/mol. The van der Waals surface area contributed by atoms with Gasteiger partial charge in [-0.15, -0.1) is 0 Å². The van der Waals surface area contributed by atoms with E-state index in [9.17, 15) is 26.3 Å². The van der Waals surface area contributed by atoms with Gasteiger partial charge in [-0.25, -0.2) is 9.59 Å². The maximum absolute atomic E-state index is 10.6. The molecule has 0 radical (unpaired) electrons. The predicted octanol–water partition coefficient (Wildman–Crippen LogP) is 2.03. The van der Waals surface area contributed by atoms with Crippen molar-refractivity contribution < 1.29 is 46.1 Å². The summed E-state index contributed by atoms with van der Waals surface area (Å²) in [5.74, 6) is -4.85. The Balaban J connectivity index is 0.000000343. The molecule has 0 aromatic carbocycles. The van der Waals surface area contributed by atoms with E-state index in [1.807, 2.05) is 18.3 Å². The fourth-order valence-electron chi connectivity index (χ4n) is 1.12. The number of aliphatic carboxylic acids is 2. The number of hydrogen-bond acceptors (Lipinski definition) is 4. The molecule has 0 unspecified atom stereocenters. The topological polar surface area (TPSA) is 99.5 Å². The van der Waals surface area contributed by atoms with Gasteiger partial charge in [-0.05, 0) is 12.1 Å². The molecule has 1 aromatic rings. The van der Waals surface area contributed by atoms with Crippen LogP contribution in [0.1, 0.15) is 11.6 Å². The van der Waals surface area contributed by atoms with Crippen molar-refractivity contribution >= 4 is 11.9 Å². The van der Waals surface area contributed by atoms with E-state index in [1.165, 1.54) is 5.69 Å². The van der Waals surface area contributed by atoms with Gasteiger partial charge in [-0.3, -0.25) is 4.98 Å². The first kappa shape index (κ1) is 21.6. The van der Waals surface area contributed by atoms with E-state index >= 15 is 0 Å². The summed E-state index contributed by atoms with van der Waals surface area (Å²) in [4.78, 5) is 22.1. The zero-order valence-electron chi connectivity index (χ0n) is 11.7. The highest BCUT2D eigenvalue weighted by Crippen LogP contribution is 2.16. The number of halogens is 6. The lowest BCUT2D eigenvalue weighted by molar-refractivity contribution is -0.193. The number of aromatic nitrogens is 1. The molecule has 3 N–H and O–H groups in total. The molecule has 0 aliphatic carbocycles. The summed E-state index contributed by atoms with van der Waals surface area (Å²) >= 11 is 0. The van der Waals surface area contributed by atoms with Crippen LogP contribution in [0.25, 0.3) is 0 Å². The largest absolute Gasteiger partial charge is 0.490 e. The maximum Gasteiger partial charge on any atom is 0.490 e. The van der Waals surface area contributed by atoms with Crippen molar-refractivity contribution in [2.45, 2.75) is 18.3 Å². The second kappa shape index (κ2) is 9.05. The van der Waals surface area contributed by atoms with Crippen LogP contribution in [0.3, 0.4) is 0 Å². The van der Waals surface area contributed by atoms with Crippen molar-refractivity contribution in [3.05, 3.63) is 30.1 Å². The molecule has 1 aromatic heterocycles. The van der Waals surface area contributed by atoms with Gasteiger partial charge >= 0.3 is 24.3 Å². The minimum Gasteiger partial charge on any atom is -0.475 e. The summed E-state index contributed by atoms with van der Waals surface area (Å²) in [7, 11) is 0. The zero-order valence-corrected chi connectivity index (χ0v) is 11.7. The summed E-state index contributed by atoms with van der Waals surface area (Å²) in [5.41, 5.74) is 1.22. The summed E-state index contributed by atoms with van der Waals surface area (Å²) in [5, 5.41) is 17.5. The van der Waals surface area contributed by atoms with Crippen molar-refractivity contribution in [3.8, 4) is 0 Å². The fraction of sp³-hybridized carbons (Fsp3) is 0.417. The number of pyridine rings is 1. The Morgan fingerprint density at radius 3 is 1.62 bits per heavy atom. The number of carbonyl (C=O) groups is 2. The standard InChI is InChI=1S/C8H10N2.2C2HF3O2/c1-2-4-10-8(3-1)7-5-9-6-7;2*3-2(4,5)1(6)7/h1-4,7,9H,5-6H2;2*(H,6,7). The predicted molar refractivity (Wildman–Crippen MR) is 67.2 cm³/mol. The van der Waals surface area contributed by atoms with Crippen molar-refractivity contribution in [2.75, 3.05) is 13.1 Å². The lowest BCUT2D eigenvalue weighted by atomic mass is 9.99. The third-order valence-electron chi connectivity index (χ3n) is 2.37. The van der Waals surface area contributed by atoms with Crippen molar-refractivity contribution in [2.24, 2.45) is 0 Å². The Bertz CT molecular complexity index is 505. The molecule has 1 aliphatic rings. The van der Waals surface area contributed by atoms with Gasteiger partial charge in [0.1, 0.15) is 0 Å². The summed E-state index contributed by atoms with van der Waals surface area (Å²) in [6.45, 7) is 2.19. The third-order valence-corrected chi connectivity index (χ3v) is 2.37. The molecule has 0 saturated carbocycles. The second-order valence-electron chi connectivity index (χ2n) is 4.22. The lowest BCUT2D eigenvalue weighted by Gasteiger charge is -2.26. The molecule has 1 saturated heterocycles. The van der Waals surface area contributed by atoms with Crippen LogP contribution in [-0.4, -0.2) is 52.6 Å². The zero-order chi connectivity index (χ0) is 19.0. The number of nitrogens with zero attached hydrogens (tertiary/aromatic N) is 1. The molecule has 24 heavy (non-hydrogen) atoms. The first-order valence-electron chi connectivity index (χ1n) is 6.07. The van der Waals surface area contributed by atoms with E-state index in [0.29, 0.717) is 5.92 Å². The number of hydrogen-bond donors (Lipinski definition) is 3. The number of rotatable bonds is 1. The van der Waals surface area contributed by atoms with Gasteiger partial charge in [-0.2, -0.15) is 26.3 Å². The Labute approximate surface area is 131 Å². The molecule has 0 bridgehead atoms. The van der Waals surface area contributed by atoms with Crippen LogP contribution < -0.4 is 5.32 Å². The molecule has 2 heterocycles. The van der Waals surface area contributed by atoms with Crippen LogP contribution in [0.5, 0.6) is 0 Å². The third kappa shape index (κ3) is 8.92. The van der Waals surface area contributed by atoms with Crippen molar-refractivity contribution in [1.82, 2.24) is 10.3 Å². The van der Waals surface area contributed by atoms with E-state index < -0.39 is 24.3 Å². The van der Waals surface area contributed by atoms with Gasteiger partial charge in [-0.1, -0.05) is 6.07 Å². The Kier molecular flexibility index (Phi) is 8.16. The van der Waals surface area contributed by atoms with E-state index in [0.717, 1.165) is 13.1 Å². The maximum atomic E-state index is 10.6. The Hall–Kier alpha value is -2.37. The Morgan fingerprint density at radius 1 is 1.00 bits per heavy atom. The van der Waals surface area contributed by atoms with E-state index in [4.69, 9.17) is 19.8 Å². The van der Waals surface area contributed by atoms with Gasteiger partial charge in [0.2, 0.25) is 0 Å². The van der Waals surface area contributed by atoms with E-state index in [1.54, 1.807) is 0 Å². The monoisotopic (exact) mass is 362 g/mol. The quantitative estimate of drug-likeness (QED) is 0.661. The first-order valence-corrected chi connectivity index (χ1v) is 6.07. The van der Waals surface area contributed by atoms with Gasteiger partial charge in [0.25, 0.3) is 0 Å². The molecule has 136 valence electrons. The highest BCUT2D eigenvalue weighted by Gasteiger charge is 2.38. The van der Waals surface area contributed by atoms with Crippen LogP contribution in [0.4, 0.5) is 26.3 Å². The van der Waals surface area contributed by atoms with Gasteiger partial charge < -0.3 is 15.5 Å². The van der Waals surface area contributed by atoms with E-state index in [2.05, 4.69) is 16.4 Å². The minimum atomic E-state index is -5.08. The van der Waals surface area contributed by atoms with Gasteiger partial charge in [0.15, 0.2) is 0 Å². The molecule has 1 fully saturated rings. The van der Waals surface area contributed by atoms with Crippen LogP contribution in [-0.2, 0) is 9.59 Å². The molecule has 0 spiro atoms. The summed E-state index contributed by atoms with van der Waals surface area (Å²) in [6.07, 6.45) is -8.31. The molecular weight excluding hydrogens is 350 g/mol. The molecule has 0 amide bonds. The molecule has 12 heteroatoms. The molecule has 2 rings (SSSR count). The van der Waals surface area contributed by atoms with E-state index in [-0.39, 0.29) is 0 Å². The average Bonchev–Trinajstić information content (AvgIpc) is 2.37. The highest BCUT2D eigenvalue weighted by molar-refractivity contribution is 5.73. The minimum absolute atomic E-state index is 0.668. The van der Waals surface area contributed by atoms with Crippen LogP contribution in [0, 0.1) is 0 Å².